The van der Waals surface area contributed by atoms with E-state index in [0.29, 0.717) is 108 Å². The van der Waals surface area contributed by atoms with Gasteiger partial charge in [-0.25, -0.2) is 14.6 Å². The maximum atomic E-state index is 4.51. The molecule has 0 amide bonds. The van der Waals surface area contributed by atoms with E-state index in [0.717, 1.165) is 18.1 Å². The molecule has 17 heteroatoms. The van der Waals surface area contributed by atoms with E-state index in [-0.39, 0.29) is 0 Å². The van der Waals surface area contributed by atoms with Gasteiger partial charge in [-0.3, -0.25) is 24.7 Å². The van der Waals surface area contributed by atoms with E-state index < -0.39 is 0 Å². The lowest BCUT2D eigenvalue weighted by atomic mass is 10.1. The summed E-state index contributed by atoms with van der Waals surface area (Å²) in [5.74, 6) is 8.13. The first-order valence-electron chi connectivity index (χ1n) is 36.3. The Kier molecular flexibility index (Phi) is 57.5. The van der Waals surface area contributed by atoms with Crippen LogP contribution < -0.4 is 0 Å². The average molecular weight is 1320 g/mol. The van der Waals surface area contributed by atoms with Crippen molar-refractivity contribution in [3.63, 3.8) is 0 Å². The molecule has 0 aromatic carbocycles. The fraction of sp³-hybridized carbons (Fsp3) is 0.792. The highest BCUT2D eigenvalue weighted by Crippen LogP contribution is 2.20. The van der Waals surface area contributed by atoms with Crippen molar-refractivity contribution in [2.45, 2.75) is 380 Å². The van der Waals surface area contributed by atoms with E-state index in [1.165, 1.54) is 41.5 Å². The summed E-state index contributed by atoms with van der Waals surface area (Å²) in [6.45, 7) is 85.6. The molecule has 0 fully saturated rings. The van der Waals surface area contributed by atoms with Gasteiger partial charge in [-0.2, -0.15) is 5.10 Å². The quantitative estimate of drug-likeness (QED) is 0.0691. The molecule has 0 aliphatic carbocycles. The van der Waals surface area contributed by atoms with Crippen LogP contribution in [-0.2, 0) is 0 Å². The fourth-order valence-electron chi connectivity index (χ4n) is 7.85. The summed E-state index contributed by atoms with van der Waals surface area (Å²) in [6, 6.07) is 6.24. The minimum atomic E-state index is 0.349. The van der Waals surface area contributed by atoms with Gasteiger partial charge in [-0.1, -0.05) is 158 Å². The van der Waals surface area contributed by atoms with Crippen LogP contribution in [-0.4, -0.2) is 112 Å². The van der Waals surface area contributed by atoms with E-state index in [2.05, 4.69) is 362 Å². The zero-order valence-corrected chi connectivity index (χ0v) is 68.8. The van der Waals surface area contributed by atoms with Crippen molar-refractivity contribution in [1.82, 2.24) is 63.9 Å². The van der Waals surface area contributed by atoms with Gasteiger partial charge in [0.2, 0.25) is 0 Å². The van der Waals surface area contributed by atoms with Gasteiger partial charge in [0.05, 0.1) is 12.4 Å². The normalized spacial score (nSPS) is 11.8. The average Bonchev–Trinajstić information content (AvgIpc) is 1.83. The van der Waals surface area contributed by atoms with Crippen LogP contribution in [0.4, 0.5) is 0 Å². The van der Waals surface area contributed by atoms with Gasteiger partial charge >= 0.3 is 0 Å². The minimum absolute atomic E-state index is 0.349. The monoisotopic (exact) mass is 1320 g/mol. The van der Waals surface area contributed by atoms with Crippen molar-refractivity contribution in [2.75, 3.05) is 0 Å². The lowest BCUT2D eigenvalue weighted by Crippen LogP contribution is -2.09. The SMILES string of the molecule is CC(=NC(C)C)C(C)C.CC(C)C=NC(C)C.CC(C)C=NC(C)C.CC(C)c1ccnn1C(C)C.CC(C)c1cncn1C(C)C.CC(C)c1nccn1C(C)C.CC(C)c1nncn1C(C)C.CC(C)c1nnnn1C(C)C.CCC(=NC(C)C)C(C)C.CCCC. The van der Waals surface area contributed by atoms with Crippen molar-refractivity contribution < 1.29 is 0 Å². The number of imidazole rings is 2. The number of rotatable bonds is 20. The maximum Gasteiger partial charge on any atom is 0.154 e. The summed E-state index contributed by atoms with van der Waals surface area (Å²) in [5, 5.41) is 23.6. The van der Waals surface area contributed by atoms with Crippen LogP contribution in [0.15, 0.2) is 63.5 Å². The molecule has 5 heterocycles. The van der Waals surface area contributed by atoms with Gasteiger partial charge < -0.3 is 13.7 Å². The van der Waals surface area contributed by atoms with Gasteiger partial charge in [-0.15, -0.1) is 15.3 Å². The van der Waals surface area contributed by atoms with E-state index in [4.69, 9.17) is 0 Å². The first kappa shape index (κ1) is 97.2. The lowest BCUT2D eigenvalue weighted by Gasteiger charge is -2.13. The molecule has 5 aromatic rings. The Morgan fingerprint density at radius 3 is 1.13 bits per heavy atom. The number of hydrogen-bond acceptors (Lipinski definition) is 12. The van der Waals surface area contributed by atoms with Crippen LogP contribution >= 0.6 is 0 Å². The number of nitrogens with zero attached hydrogens (tertiary/aromatic N) is 17. The maximum absolute atomic E-state index is 4.51. The highest BCUT2D eigenvalue weighted by atomic mass is 15.5. The molecule has 0 spiro atoms. The third kappa shape index (κ3) is 49.1. The van der Waals surface area contributed by atoms with Crippen LogP contribution in [0.1, 0.15) is 385 Å². The molecule has 0 aliphatic rings. The summed E-state index contributed by atoms with van der Waals surface area (Å²) < 4.78 is 10.5. The molecule has 5 aromatic heterocycles. The Morgan fingerprint density at radius 2 is 0.883 bits per heavy atom. The number of aliphatic imine (C=N–C) groups is 4. The predicted molar refractivity (Wildman–Crippen MR) is 415 cm³/mol. The van der Waals surface area contributed by atoms with Crippen molar-refractivity contribution in [3.05, 3.63) is 72.4 Å². The van der Waals surface area contributed by atoms with Crippen LogP contribution in [0, 0.1) is 23.7 Å². The van der Waals surface area contributed by atoms with Crippen LogP contribution in [0.25, 0.3) is 0 Å². The number of aromatic nitrogens is 13. The number of hydrogen-bond donors (Lipinski definition) is 0. The molecular formula is C77H153N17. The van der Waals surface area contributed by atoms with Crippen molar-refractivity contribution in [3.8, 4) is 0 Å². The Bertz CT molecular complexity index is 2160. The Balaban J connectivity index is -0.000000314. The Labute approximate surface area is 581 Å². The van der Waals surface area contributed by atoms with Crippen molar-refractivity contribution in [1.29, 1.82) is 0 Å². The third-order valence-electron chi connectivity index (χ3n) is 13.2. The van der Waals surface area contributed by atoms with Crippen LogP contribution in [0.3, 0.4) is 0 Å². The molecule has 0 atom stereocenters. The Hall–Kier alpha value is -5.48. The van der Waals surface area contributed by atoms with E-state index in [9.17, 15) is 0 Å². The van der Waals surface area contributed by atoms with Crippen LogP contribution in [0.2, 0.25) is 0 Å². The molecule has 5 rings (SSSR count). The molecular weight excluding hydrogens is 1160 g/mol. The van der Waals surface area contributed by atoms with Crippen molar-refractivity contribution in [2.24, 2.45) is 43.6 Å². The third-order valence-corrected chi connectivity index (χ3v) is 13.2. The molecule has 17 nitrogen and oxygen atoms in total. The summed E-state index contributed by atoms with van der Waals surface area (Å²) >= 11 is 0. The number of tetrazole rings is 1. The van der Waals surface area contributed by atoms with Gasteiger partial charge in [0.15, 0.2) is 5.82 Å². The second-order valence-corrected chi connectivity index (χ2v) is 29.5. The van der Waals surface area contributed by atoms with Gasteiger partial charge in [0, 0.05) is 126 Å². The zero-order chi connectivity index (χ0) is 74.3. The molecule has 546 valence electrons. The van der Waals surface area contributed by atoms with Gasteiger partial charge in [-0.05, 0) is 190 Å². The second-order valence-electron chi connectivity index (χ2n) is 29.5. The summed E-state index contributed by atoms with van der Waals surface area (Å²) in [5.41, 5.74) is 5.24. The highest BCUT2D eigenvalue weighted by molar-refractivity contribution is 5.86. The summed E-state index contributed by atoms with van der Waals surface area (Å²) in [7, 11) is 0. The van der Waals surface area contributed by atoms with Crippen molar-refractivity contribution >= 4 is 23.9 Å². The Morgan fingerprint density at radius 1 is 0.436 bits per heavy atom. The molecule has 0 bridgehead atoms. The first-order chi connectivity index (χ1) is 43.4. The minimum Gasteiger partial charge on any atom is -0.332 e. The molecule has 0 saturated carbocycles. The topological polar surface area (TPSA) is 177 Å². The van der Waals surface area contributed by atoms with E-state index >= 15 is 0 Å². The molecule has 0 radical (unpaired) electrons. The largest absolute Gasteiger partial charge is 0.332 e. The zero-order valence-electron chi connectivity index (χ0n) is 68.8. The van der Waals surface area contributed by atoms with E-state index in [1.807, 2.05) is 48.2 Å². The molecule has 94 heavy (non-hydrogen) atoms. The lowest BCUT2D eigenvalue weighted by molar-refractivity contribution is 0.483. The standard InChI is InChI=1S/3C9H16N2.C9H19N.C8H15N3.C8H17N.C7H14N4.2C7H15N.C4H10/c1-7(2)9-5-10-6-11(9)8(3)4;1-7(2)9-10-5-6-11(9)8(3)4;1-7(2)9-5-6-10-11(9)8(3)4;1-6-9(7(2)3)10-8(4)5;1-6(2)8-10-9-5-11(8)7(3)4;1-6(2)8(5)9-7(3)4;1-5(2)7-8-9-10-11(7)6(3)4;2*1-6(2)5-8-7(3)4;1-3-4-2/h3*5-8H,1-4H3;7-8H,6H2,1-5H3;5-7H,1-4H3;6-7H,1-5H3;5-6H,1-4H3;2*5-7H,1-4H3;3-4H2,1-2H3. The predicted octanol–water partition coefficient (Wildman–Crippen LogP) is 22.6. The van der Waals surface area contributed by atoms with Gasteiger partial charge in [0.1, 0.15) is 18.0 Å². The summed E-state index contributed by atoms with van der Waals surface area (Å²) in [6.07, 6.45) is 19.1. The molecule has 0 N–H and O–H groups in total. The van der Waals surface area contributed by atoms with E-state index in [1.54, 1.807) is 6.33 Å². The number of unbranched alkanes of at least 4 members (excludes halogenated alkanes) is 1. The smallest absolute Gasteiger partial charge is 0.154 e. The summed E-state index contributed by atoms with van der Waals surface area (Å²) in [4.78, 5) is 25.7. The molecule has 0 aliphatic heterocycles. The highest BCUT2D eigenvalue weighted by Gasteiger charge is 2.14. The fourth-order valence-corrected chi connectivity index (χ4v) is 7.85. The first-order valence-corrected chi connectivity index (χ1v) is 36.3. The molecule has 0 saturated heterocycles. The van der Waals surface area contributed by atoms with Crippen LogP contribution in [0.5, 0.6) is 0 Å². The van der Waals surface area contributed by atoms with Gasteiger partial charge in [0.25, 0.3) is 0 Å². The second kappa shape index (κ2) is 55.6. The molecule has 0 unspecified atom stereocenters.